The standard InChI is InChI=1S/C18H10N4.2ClH.Pd/c1-2-4-16(6-8-18-14-20-10-12-22-18)15(3-1)5-7-17-13-19-9-11-21-17;;;/h1-4,9-14H;2*1H;/q;;;+2/p-2. The molecule has 0 aliphatic carbocycles. The van der Waals surface area contributed by atoms with Crippen molar-refractivity contribution in [3.8, 4) is 23.7 Å². The summed E-state index contributed by atoms with van der Waals surface area (Å²) in [5.74, 6) is 12.1. The molecule has 3 aromatic rings. The van der Waals surface area contributed by atoms with E-state index in [4.69, 9.17) is 19.1 Å². The van der Waals surface area contributed by atoms with E-state index in [0.717, 1.165) is 11.1 Å². The number of hydrogen-bond acceptors (Lipinski definition) is 4. The van der Waals surface area contributed by atoms with Crippen molar-refractivity contribution in [1.82, 2.24) is 19.9 Å². The average Bonchev–Trinajstić information content (AvgIpc) is 2.68. The molecule has 0 spiro atoms. The Bertz CT molecular complexity index is 837. The SMILES string of the molecule is C(#Cc1ccccc1C#Cc1cnccn1)c1cnccn1.[Cl][Pd][Cl]. The van der Waals surface area contributed by atoms with Crippen LogP contribution in [0.1, 0.15) is 22.5 Å². The summed E-state index contributed by atoms with van der Waals surface area (Å²) < 4.78 is 0. The zero-order valence-corrected chi connectivity index (χ0v) is 15.7. The molecule has 0 atom stereocenters. The zero-order valence-electron chi connectivity index (χ0n) is 12.6. The molecule has 3 rings (SSSR count). The van der Waals surface area contributed by atoms with Crippen molar-refractivity contribution in [2.45, 2.75) is 0 Å². The third kappa shape index (κ3) is 7.02. The van der Waals surface area contributed by atoms with Crippen LogP contribution in [-0.2, 0) is 15.9 Å². The van der Waals surface area contributed by atoms with Crippen molar-refractivity contribution in [3.63, 3.8) is 0 Å². The molecule has 126 valence electrons. The molecule has 0 aliphatic heterocycles. The van der Waals surface area contributed by atoms with Crippen LogP contribution < -0.4 is 0 Å². The number of benzene rings is 1. The Morgan fingerprint density at radius 2 is 1.12 bits per heavy atom. The molecular weight excluding hydrogens is 450 g/mol. The second kappa shape index (κ2) is 11.3. The first-order chi connectivity index (χ1) is 12.3. The molecule has 0 radical (unpaired) electrons. The van der Waals surface area contributed by atoms with Crippen LogP contribution in [0.4, 0.5) is 0 Å². The predicted octanol–water partition coefficient (Wildman–Crippen LogP) is 3.44. The molecule has 0 fully saturated rings. The number of aromatic nitrogens is 4. The van der Waals surface area contributed by atoms with Gasteiger partial charge in [0.1, 0.15) is 11.4 Å². The number of halogens is 2. The molecule has 25 heavy (non-hydrogen) atoms. The predicted molar refractivity (Wildman–Crippen MR) is 94.2 cm³/mol. The molecule has 7 heteroatoms. The maximum absolute atomic E-state index is 4.81. The van der Waals surface area contributed by atoms with E-state index in [-0.39, 0.29) is 15.9 Å². The Morgan fingerprint density at radius 1 is 0.680 bits per heavy atom. The van der Waals surface area contributed by atoms with Crippen molar-refractivity contribution >= 4 is 19.1 Å². The van der Waals surface area contributed by atoms with Gasteiger partial charge in [-0.15, -0.1) is 0 Å². The molecule has 4 nitrogen and oxygen atoms in total. The first-order valence-corrected chi connectivity index (χ1v) is 10.8. The Balaban J connectivity index is 0.000000701. The van der Waals surface area contributed by atoms with Crippen LogP contribution in [0.15, 0.2) is 61.4 Å². The van der Waals surface area contributed by atoms with Gasteiger partial charge in [-0.3, -0.25) is 9.97 Å². The third-order valence-electron chi connectivity index (χ3n) is 2.70. The summed E-state index contributed by atoms with van der Waals surface area (Å²) in [5.41, 5.74) is 2.92. The van der Waals surface area contributed by atoms with Crippen molar-refractivity contribution in [2.75, 3.05) is 0 Å². The van der Waals surface area contributed by atoms with Gasteiger partial charge in [0.05, 0.1) is 12.4 Å². The van der Waals surface area contributed by atoms with Crippen LogP contribution in [0.2, 0.25) is 0 Å². The van der Waals surface area contributed by atoms with E-state index in [2.05, 4.69) is 43.6 Å². The van der Waals surface area contributed by atoms with Crippen LogP contribution >= 0.6 is 19.1 Å². The maximum atomic E-state index is 4.81. The Hall–Kier alpha value is -2.26. The minimum atomic E-state index is -0.106. The quantitative estimate of drug-likeness (QED) is 0.382. The van der Waals surface area contributed by atoms with E-state index in [9.17, 15) is 0 Å². The fourth-order valence-electron chi connectivity index (χ4n) is 1.69. The Labute approximate surface area is 162 Å². The minimum absolute atomic E-state index is 0.106. The normalized spacial score (nSPS) is 8.88. The summed E-state index contributed by atoms with van der Waals surface area (Å²) in [6.07, 6.45) is 9.71. The van der Waals surface area contributed by atoms with Crippen molar-refractivity contribution < 1.29 is 15.9 Å². The molecule has 0 N–H and O–H groups in total. The van der Waals surface area contributed by atoms with Crippen LogP contribution in [0, 0.1) is 23.7 Å². The third-order valence-corrected chi connectivity index (χ3v) is 2.70. The molecule has 2 aromatic heterocycles. The van der Waals surface area contributed by atoms with E-state index in [0.29, 0.717) is 11.4 Å². The van der Waals surface area contributed by atoms with Crippen LogP contribution in [0.25, 0.3) is 0 Å². The summed E-state index contributed by atoms with van der Waals surface area (Å²) in [4.78, 5) is 16.2. The fourth-order valence-corrected chi connectivity index (χ4v) is 1.69. The summed E-state index contributed by atoms with van der Waals surface area (Å²) in [7, 11) is 9.63. The summed E-state index contributed by atoms with van der Waals surface area (Å²) in [6, 6.07) is 7.69. The van der Waals surface area contributed by atoms with E-state index in [1.165, 1.54) is 0 Å². The van der Waals surface area contributed by atoms with Gasteiger partial charge in [0.15, 0.2) is 0 Å². The van der Waals surface area contributed by atoms with Gasteiger partial charge in [0, 0.05) is 35.9 Å². The second-order valence-electron chi connectivity index (χ2n) is 4.27. The molecule has 2 heterocycles. The molecule has 0 saturated carbocycles. The van der Waals surface area contributed by atoms with E-state index < -0.39 is 0 Å². The van der Waals surface area contributed by atoms with E-state index in [1.807, 2.05) is 24.3 Å². The average molecular weight is 460 g/mol. The monoisotopic (exact) mass is 458 g/mol. The molecule has 0 aliphatic rings. The van der Waals surface area contributed by atoms with Gasteiger partial charge in [-0.25, -0.2) is 9.97 Å². The zero-order chi connectivity index (χ0) is 17.7. The summed E-state index contributed by atoms with van der Waals surface area (Å²) >= 11 is -0.106. The van der Waals surface area contributed by atoms with Crippen LogP contribution in [-0.4, -0.2) is 19.9 Å². The van der Waals surface area contributed by atoms with Gasteiger partial charge in [-0.2, -0.15) is 0 Å². The number of rotatable bonds is 0. The van der Waals surface area contributed by atoms with Crippen LogP contribution in [0.5, 0.6) is 0 Å². The van der Waals surface area contributed by atoms with Crippen molar-refractivity contribution in [1.29, 1.82) is 0 Å². The van der Waals surface area contributed by atoms with Crippen molar-refractivity contribution in [3.05, 3.63) is 84.0 Å². The van der Waals surface area contributed by atoms with Gasteiger partial charge in [-0.1, -0.05) is 24.0 Å². The van der Waals surface area contributed by atoms with Gasteiger partial charge >= 0.3 is 35.0 Å². The Kier molecular flexibility index (Phi) is 8.64. The molecule has 0 bridgehead atoms. The van der Waals surface area contributed by atoms with Gasteiger partial charge in [-0.05, 0) is 24.0 Å². The molecule has 0 saturated heterocycles. The second-order valence-corrected chi connectivity index (χ2v) is 6.63. The number of hydrogen-bond donors (Lipinski definition) is 0. The molecule has 1 aromatic carbocycles. The van der Waals surface area contributed by atoms with Gasteiger partial charge in [0.25, 0.3) is 0 Å². The van der Waals surface area contributed by atoms with Gasteiger partial charge in [0.2, 0.25) is 0 Å². The number of nitrogens with zero attached hydrogens (tertiary/aromatic N) is 4. The summed E-state index contributed by atoms with van der Waals surface area (Å²) in [5, 5.41) is 0. The van der Waals surface area contributed by atoms with Gasteiger partial charge < -0.3 is 0 Å². The summed E-state index contributed by atoms with van der Waals surface area (Å²) in [6.45, 7) is 0. The Morgan fingerprint density at radius 3 is 1.48 bits per heavy atom. The molecule has 0 unspecified atom stereocenters. The first-order valence-electron chi connectivity index (χ1n) is 6.81. The van der Waals surface area contributed by atoms with Crippen molar-refractivity contribution in [2.24, 2.45) is 0 Å². The van der Waals surface area contributed by atoms with Crippen LogP contribution in [0.3, 0.4) is 0 Å². The fraction of sp³-hybridized carbons (Fsp3) is 0. The van der Waals surface area contributed by atoms with E-state index in [1.54, 1.807) is 37.2 Å². The molecule has 0 amide bonds. The molecular formula is C18H10Cl2N4Pd. The van der Waals surface area contributed by atoms with E-state index >= 15 is 0 Å². The first kappa shape index (κ1) is 19.1. The topological polar surface area (TPSA) is 51.6 Å².